The van der Waals surface area contributed by atoms with Gasteiger partial charge in [-0.05, 0) is 50.6 Å². The number of benzene rings is 2. The smallest absolute Gasteiger partial charge is 0.255 e. The zero-order valence-electron chi connectivity index (χ0n) is 21.7. The highest BCUT2D eigenvalue weighted by Crippen LogP contribution is 2.34. The summed E-state index contributed by atoms with van der Waals surface area (Å²) in [5.74, 6) is 1.92. The van der Waals surface area contributed by atoms with Gasteiger partial charge in [0.25, 0.3) is 5.56 Å². The van der Waals surface area contributed by atoms with E-state index in [1.165, 1.54) is 10.6 Å². The van der Waals surface area contributed by atoms with Crippen LogP contribution in [0.5, 0.6) is 5.75 Å². The summed E-state index contributed by atoms with van der Waals surface area (Å²) in [6, 6.07) is 16.7. The molecule has 3 heterocycles. The Labute approximate surface area is 226 Å². The maximum absolute atomic E-state index is 13.0. The Bertz CT molecular complexity index is 1690. The van der Waals surface area contributed by atoms with Gasteiger partial charge in [0.15, 0.2) is 0 Å². The topological polar surface area (TPSA) is 139 Å². The van der Waals surface area contributed by atoms with E-state index in [0.717, 1.165) is 5.56 Å². The van der Waals surface area contributed by atoms with Gasteiger partial charge < -0.3 is 20.7 Å². The van der Waals surface area contributed by atoms with Crippen LogP contribution in [0.4, 0.5) is 29.0 Å². The Morgan fingerprint density at radius 1 is 1.00 bits per heavy atom. The van der Waals surface area contributed by atoms with Crippen molar-refractivity contribution in [2.45, 2.75) is 31.2 Å². The highest BCUT2D eigenvalue weighted by molar-refractivity contribution is 7.89. The van der Waals surface area contributed by atoms with E-state index in [1.54, 1.807) is 81.8 Å². The molecule has 0 radical (unpaired) electrons. The fraction of sp³-hybridized carbons (Fsp3) is 0.222. The van der Waals surface area contributed by atoms with E-state index in [0.29, 0.717) is 47.4 Å². The fourth-order valence-corrected chi connectivity index (χ4v) is 5.75. The lowest BCUT2D eigenvalue weighted by molar-refractivity contribution is 0.416. The Hall–Kier alpha value is -4.42. The highest BCUT2D eigenvalue weighted by Gasteiger charge is 2.23. The van der Waals surface area contributed by atoms with Gasteiger partial charge >= 0.3 is 0 Å². The molecule has 0 spiro atoms. The van der Waals surface area contributed by atoms with E-state index in [9.17, 15) is 13.2 Å². The van der Waals surface area contributed by atoms with Crippen LogP contribution in [0.1, 0.15) is 19.4 Å². The Morgan fingerprint density at radius 3 is 2.56 bits per heavy atom. The minimum absolute atomic E-state index is 0.125. The summed E-state index contributed by atoms with van der Waals surface area (Å²) in [5, 5.41) is 9.68. The van der Waals surface area contributed by atoms with E-state index < -0.39 is 10.0 Å². The Balaban J connectivity index is 1.49. The number of aromatic nitrogens is 3. The van der Waals surface area contributed by atoms with Crippen LogP contribution < -0.4 is 31.0 Å². The first kappa shape index (κ1) is 26.2. The van der Waals surface area contributed by atoms with Gasteiger partial charge in [0.1, 0.15) is 22.3 Å². The highest BCUT2D eigenvalue weighted by atomic mass is 32.2. The molecule has 0 aliphatic carbocycles. The molecule has 2 aromatic carbocycles. The molecule has 4 aromatic rings. The zero-order valence-corrected chi connectivity index (χ0v) is 22.5. The third-order valence-electron chi connectivity index (χ3n) is 6.03. The standard InChI is InChI=1S/C27H29N7O4S/c1-17(2)33-39(36,37)23-9-5-4-8-21(23)29-26-19-13-14-28-25(19)31-27(32-26)30-20-12-11-18(16-22(20)38-3)34-15-7-6-10-24(34)35/h4-12,15-17,33H,13-14H2,1-3H3,(H3,28,29,30,31,32). The molecule has 0 fully saturated rings. The van der Waals surface area contributed by atoms with Gasteiger partial charge in [0.05, 0.1) is 24.2 Å². The van der Waals surface area contributed by atoms with Crippen LogP contribution in [0.15, 0.2) is 76.6 Å². The van der Waals surface area contributed by atoms with Crippen molar-refractivity contribution in [1.29, 1.82) is 0 Å². The normalized spacial score (nSPS) is 12.6. The number of anilines is 5. The first-order valence-electron chi connectivity index (χ1n) is 12.4. The molecule has 4 N–H and O–H groups in total. The fourth-order valence-electron chi connectivity index (χ4n) is 4.33. The third kappa shape index (κ3) is 5.56. The molecule has 0 bridgehead atoms. The lowest BCUT2D eigenvalue weighted by Gasteiger charge is -2.17. The second-order valence-corrected chi connectivity index (χ2v) is 10.9. The average Bonchev–Trinajstić information content (AvgIpc) is 3.38. The predicted octanol–water partition coefficient (Wildman–Crippen LogP) is 3.78. The van der Waals surface area contributed by atoms with Crippen LogP contribution in [-0.4, -0.2) is 42.6 Å². The maximum atomic E-state index is 13.0. The van der Waals surface area contributed by atoms with Gasteiger partial charge in [0.2, 0.25) is 16.0 Å². The molecular formula is C27H29N7O4S. The van der Waals surface area contributed by atoms with Gasteiger partial charge in [-0.1, -0.05) is 18.2 Å². The number of nitrogens with one attached hydrogen (secondary N) is 4. The summed E-state index contributed by atoms with van der Waals surface area (Å²) in [7, 11) is -2.21. The van der Waals surface area contributed by atoms with Crippen LogP contribution >= 0.6 is 0 Å². The van der Waals surface area contributed by atoms with Crippen LogP contribution in [0.3, 0.4) is 0 Å². The molecule has 39 heavy (non-hydrogen) atoms. The second-order valence-electron chi connectivity index (χ2n) is 9.22. The van der Waals surface area contributed by atoms with Gasteiger partial charge in [-0.15, -0.1) is 0 Å². The van der Waals surface area contributed by atoms with E-state index in [2.05, 4.69) is 30.6 Å². The van der Waals surface area contributed by atoms with Crippen LogP contribution in [-0.2, 0) is 16.4 Å². The van der Waals surface area contributed by atoms with Crippen molar-refractivity contribution in [3.8, 4) is 11.4 Å². The molecule has 202 valence electrons. The quantitative estimate of drug-likeness (QED) is 0.246. The van der Waals surface area contributed by atoms with Crippen molar-refractivity contribution in [3.05, 3.63) is 82.8 Å². The SMILES string of the molecule is COc1cc(-n2ccccc2=O)ccc1Nc1nc2c(c(Nc3ccccc3S(=O)(=O)NC(C)C)n1)CCN2. The molecule has 12 heteroatoms. The largest absolute Gasteiger partial charge is 0.494 e. The summed E-state index contributed by atoms with van der Waals surface area (Å²) < 4.78 is 35.7. The summed E-state index contributed by atoms with van der Waals surface area (Å²) in [6.07, 6.45) is 2.37. The molecular weight excluding hydrogens is 518 g/mol. The van der Waals surface area contributed by atoms with Crippen molar-refractivity contribution >= 4 is 39.0 Å². The van der Waals surface area contributed by atoms with Gasteiger partial charge in [-0.3, -0.25) is 9.36 Å². The molecule has 0 amide bonds. The second kappa shape index (κ2) is 10.8. The van der Waals surface area contributed by atoms with Crippen molar-refractivity contribution in [1.82, 2.24) is 19.3 Å². The molecule has 0 saturated heterocycles. The maximum Gasteiger partial charge on any atom is 0.255 e. The van der Waals surface area contributed by atoms with Gasteiger partial charge in [-0.2, -0.15) is 9.97 Å². The first-order valence-corrected chi connectivity index (χ1v) is 13.9. The molecule has 1 aliphatic rings. The molecule has 2 aromatic heterocycles. The number of hydrogen-bond acceptors (Lipinski definition) is 9. The first-order chi connectivity index (χ1) is 18.7. The van der Waals surface area contributed by atoms with Crippen molar-refractivity contribution in [2.24, 2.45) is 0 Å². The average molecular weight is 548 g/mol. The number of methoxy groups -OCH3 is 1. The van der Waals surface area contributed by atoms with E-state index in [1.807, 2.05) is 0 Å². The van der Waals surface area contributed by atoms with Crippen molar-refractivity contribution in [2.75, 3.05) is 29.6 Å². The molecule has 5 rings (SSSR count). The minimum atomic E-state index is -3.75. The van der Waals surface area contributed by atoms with Crippen molar-refractivity contribution in [3.63, 3.8) is 0 Å². The van der Waals surface area contributed by atoms with Crippen LogP contribution in [0.25, 0.3) is 5.69 Å². The van der Waals surface area contributed by atoms with Crippen LogP contribution in [0.2, 0.25) is 0 Å². The molecule has 0 atom stereocenters. The monoisotopic (exact) mass is 547 g/mol. The van der Waals surface area contributed by atoms with E-state index in [-0.39, 0.29) is 22.4 Å². The van der Waals surface area contributed by atoms with Crippen molar-refractivity contribution < 1.29 is 13.2 Å². The Kier molecular flexibility index (Phi) is 7.22. The summed E-state index contributed by atoms with van der Waals surface area (Å²) in [6.45, 7) is 4.22. The van der Waals surface area contributed by atoms with Crippen LogP contribution in [0, 0.1) is 0 Å². The van der Waals surface area contributed by atoms with Gasteiger partial charge in [0, 0.05) is 36.5 Å². The summed E-state index contributed by atoms with van der Waals surface area (Å²) >= 11 is 0. The lowest BCUT2D eigenvalue weighted by Crippen LogP contribution is -2.30. The summed E-state index contributed by atoms with van der Waals surface area (Å²) in [4.78, 5) is 21.7. The third-order valence-corrected chi connectivity index (χ3v) is 7.74. The molecule has 1 aliphatic heterocycles. The minimum Gasteiger partial charge on any atom is -0.494 e. The van der Waals surface area contributed by atoms with E-state index in [4.69, 9.17) is 4.74 Å². The van der Waals surface area contributed by atoms with Gasteiger partial charge in [-0.25, -0.2) is 13.1 Å². The number of sulfonamides is 1. The number of fused-ring (bicyclic) bond motifs is 1. The summed E-state index contributed by atoms with van der Waals surface area (Å²) in [5.41, 5.74) is 2.35. The zero-order chi connectivity index (χ0) is 27.6. The number of para-hydroxylation sites is 1. The lowest BCUT2D eigenvalue weighted by atomic mass is 10.2. The molecule has 0 unspecified atom stereocenters. The van der Waals surface area contributed by atoms with E-state index >= 15 is 0 Å². The molecule has 0 saturated carbocycles. The number of pyridine rings is 1. The number of ether oxygens (including phenoxy) is 1. The number of rotatable bonds is 9. The predicted molar refractivity (Wildman–Crippen MR) is 151 cm³/mol. The molecule has 11 nitrogen and oxygen atoms in total. The Morgan fingerprint density at radius 2 is 1.79 bits per heavy atom. The number of hydrogen-bond donors (Lipinski definition) is 4. The number of nitrogens with zero attached hydrogens (tertiary/aromatic N) is 3.